The van der Waals surface area contributed by atoms with Crippen LogP contribution in [0.5, 0.6) is 5.75 Å². The maximum Gasteiger partial charge on any atom is 0.213 e. The molecule has 3 aliphatic carbocycles. The van der Waals surface area contributed by atoms with E-state index in [2.05, 4.69) is 65.8 Å². The molecule has 0 amide bonds. The van der Waals surface area contributed by atoms with Crippen LogP contribution in [0.25, 0.3) is 0 Å². The molecule has 0 N–H and O–H groups in total. The van der Waals surface area contributed by atoms with E-state index >= 15 is 0 Å². The van der Waals surface area contributed by atoms with Crippen molar-refractivity contribution in [1.29, 1.82) is 0 Å². The Bertz CT molecular complexity index is 1000. The van der Waals surface area contributed by atoms with Crippen LogP contribution in [0.2, 0.25) is 0 Å². The summed E-state index contributed by atoms with van der Waals surface area (Å²) in [6.07, 6.45) is 13.9. The Hall–Kier alpha value is -1.06. The SMILES string of the molecule is CO[C@H]1c2ccccc2O[C@@]2(C)O[C@@H]3CC[C@@H]4[C@H](CC[C@]5(C)[C@@H]([C@H](C)CCCC(C)C)CC[C@@H]45)[C@@]3(C)C[C@@H]12. The van der Waals surface area contributed by atoms with Crippen LogP contribution >= 0.6 is 0 Å². The number of methoxy groups -OCH3 is 1. The third kappa shape index (κ3) is 4.11. The fraction of sp³-hybridized carbons (Fsp3) is 0.829. The third-order valence-electron chi connectivity index (χ3n) is 12.9. The standard InChI is InChI=1S/C35H54O3/c1-22(2)11-10-12-23(3)26-16-17-27-24-15-18-31-34(5,28(24)19-20-33(26,27)4)21-29-32(36-7)25-13-8-9-14-30(25)37-35(29,6)38-31/h8-9,13-14,22-24,26-29,31-32H,10-12,15-21H2,1-7H3/t23-,24+,26-,27+,28+,29+,31-,32+,33-,34-,35+/m1/s1. The van der Waals surface area contributed by atoms with Gasteiger partial charge in [-0.1, -0.05) is 72.1 Å². The van der Waals surface area contributed by atoms with Crippen LogP contribution in [0.15, 0.2) is 24.3 Å². The first-order valence-corrected chi connectivity index (χ1v) is 16.1. The quantitative estimate of drug-likeness (QED) is 0.373. The molecule has 212 valence electrons. The zero-order valence-electron chi connectivity index (χ0n) is 25.3. The lowest BCUT2D eigenvalue weighted by atomic mass is 9.46. The Kier molecular flexibility index (Phi) is 6.99. The lowest BCUT2D eigenvalue weighted by Gasteiger charge is -2.64. The number of hydrogen-bond donors (Lipinski definition) is 0. The number of rotatable bonds is 6. The molecule has 2 aliphatic heterocycles. The van der Waals surface area contributed by atoms with Gasteiger partial charge in [-0.3, -0.25) is 0 Å². The summed E-state index contributed by atoms with van der Waals surface area (Å²) in [5.74, 6) is 5.66. The maximum absolute atomic E-state index is 7.08. The fourth-order valence-electron chi connectivity index (χ4n) is 11.0. The van der Waals surface area contributed by atoms with Gasteiger partial charge >= 0.3 is 0 Å². The highest BCUT2D eigenvalue weighted by atomic mass is 16.7. The fourth-order valence-corrected chi connectivity index (χ4v) is 11.0. The van der Waals surface area contributed by atoms with Gasteiger partial charge in [0.15, 0.2) is 0 Å². The van der Waals surface area contributed by atoms with Gasteiger partial charge in [-0.25, -0.2) is 0 Å². The molecule has 3 heteroatoms. The first-order chi connectivity index (χ1) is 18.1. The van der Waals surface area contributed by atoms with Gasteiger partial charge in [0, 0.05) is 19.6 Å². The second-order valence-electron chi connectivity index (χ2n) is 15.2. The summed E-state index contributed by atoms with van der Waals surface area (Å²) in [6.45, 7) is 14.8. The number of benzene rings is 1. The number of hydrogen-bond acceptors (Lipinski definition) is 3. The summed E-state index contributed by atoms with van der Waals surface area (Å²) >= 11 is 0. The monoisotopic (exact) mass is 522 g/mol. The second-order valence-corrected chi connectivity index (χ2v) is 15.2. The van der Waals surface area contributed by atoms with Crippen LogP contribution in [-0.4, -0.2) is 19.0 Å². The average Bonchev–Trinajstić information content (AvgIpc) is 3.23. The molecule has 0 aromatic heterocycles. The van der Waals surface area contributed by atoms with Crippen molar-refractivity contribution >= 4 is 0 Å². The molecule has 38 heavy (non-hydrogen) atoms. The maximum atomic E-state index is 7.08. The average molecular weight is 523 g/mol. The Morgan fingerprint density at radius 2 is 1.66 bits per heavy atom. The highest BCUT2D eigenvalue weighted by molar-refractivity contribution is 5.39. The lowest BCUT2D eigenvalue weighted by molar-refractivity contribution is -0.335. The molecule has 4 fully saturated rings. The lowest BCUT2D eigenvalue weighted by Crippen LogP contribution is -2.64. The van der Waals surface area contributed by atoms with Crippen molar-refractivity contribution in [3.63, 3.8) is 0 Å². The van der Waals surface area contributed by atoms with E-state index in [0.717, 1.165) is 47.7 Å². The molecule has 0 unspecified atom stereocenters. The van der Waals surface area contributed by atoms with E-state index in [1.165, 1.54) is 63.4 Å². The third-order valence-corrected chi connectivity index (χ3v) is 12.9. The molecule has 11 atom stereocenters. The predicted octanol–water partition coefficient (Wildman–Crippen LogP) is 9.21. The molecular weight excluding hydrogens is 468 g/mol. The van der Waals surface area contributed by atoms with E-state index in [-0.39, 0.29) is 23.5 Å². The van der Waals surface area contributed by atoms with E-state index < -0.39 is 5.79 Å². The van der Waals surface area contributed by atoms with Crippen molar-refractivity contribution in [2.45, 2.75) is 124 Å². The van der Waals surface area contributed by atoms with Crippen LogP contribution < -0.4 is 4.74 Å². The van der Waals surface area contributed by atoms with Gasteiger partial charge in [0.05, 0.1) is 18.1 Å². The van der Waals surface area contributed by atoms with Gasteiger partial charge in [-0.2, -0.15) is 0 Å². The summed E-state index contributed by atoms with van der Waals surface area (Å²) in [4.78, 5) is 0. The van der Waals surface area contributed by atoms with Gasteiger partial charge in [0.1, 0.15) is 5.75 Å². The highest BCUT2D eigenvalue weighted by Gasteiger charge is 2.65. The predicted molar refractivity (Wildman–Crippen MR) is 154 cm³/mol. The summed E-state index contributed by atoms with van der Waals surface area (Å²) in [6, 6.07) is 8.45. The molecule has 1 aromatic rings. The van der Waals surface area contributed by atoms with Crippen molar-refractivity contribution < 1.29 is 14.2 Å². The second kappa shape index (κ2) is 9.79. The Labute approximate surface area is 232 Å². The van der Waals surface area contributed by atoms with Crippen LogP contribution in [0.4, 0.5) is 0 Å². The minimum atomic E-state index is -0.612. The Balaban J connectivity index is 1.23. The molecule has 0 bridgehead atoms. The van der Waals surface area contributed by atoms with Gasteiger partial charge in [-0.15, -0.1) is 0 Å². The van der Waals surface area contributed by atoms with Crippen LogP contribution in [0.3, 0.4) is 0 Å². The number of para-hydroxylation sites is 1. The summed E-state index contributed by atoms with van der Waals surface area (Å²) in [5, 5.41) is 0. The zero-order chi connectivity index (χ0) is 26.9. The molecule has 2 heterocycles. The van der Waals surface area contributed by atoms with Crippen molar-refractivity contribution in [1.82, 2.24) is 0 Å². The van der Waals surface area contributed by atoms with E-state index in [4.69, 9.17) is 14.2 Å². The molecular formula is C35H54O3. The van der Waals surface area contributed by atoms with Gasteiger partial charge in [0.2, 0.25) is 5.79 Å². The number of fused-ring (bicyclic) bond motifs is 7. The van der Waals surface area contributed by atoms with Gasteiger partial charge in [-0.05, 0) is 97.3 Å². The first-order valence-electron chi connectivity index (χ1n) is 16.1. The summed E-state index contributed by atoms with van der Waals surface area (Å²) in [7, 11) is 1.87. The smallest absolute Gasteiger partial charge is 0.213 e. The van der Waals surface area contributed by atoms with Crippen molar-refractivity contribution in [2.24, 2.45) is 52.3 Å². The topological polar surface area (TPSA) is 27.7 Å². The van der Waals surface area contributed by atoms with Crippen LogP contribution in [0, 0.1) is 52.3 Å². The minimum Gasteiger partial charge on any atom is -0.462 e. The Morgan fingerprint density at radius 3 is 2.42 bits per heavy atom. The van der Waals surface area contributed by atoms with Crippen LogP contribution in [0.1, 0.15) is 117 Å². The Morgan fingerprint density at radius 1 is 0.895 bits per heavy atom. The molecule has 1 saturated heterocycles. The normalized spacial score (nSPS) is 46.3. The van der Waals surface area contributed by atoms with Crippen molar-refractivity contribution in [3.8, 4) is 5.75 Å². The van der Waals surface area contributed by atoms with Gasteiger partial charge in [0.25, 0.3) is 0 Å². The first kappa shape index (κ1) is 27.1. The summed E-state index contributed by atoms with van der Waals surface area (Å²) < 4.78 is 20.0. The molecule has 0 spiro atoms. The minimum absolute atomic E-state index is 0.0273. The molecule has 1 aromatic carbocycles. The molecule has 3 nitrogen and oxygen atoms in total. The molecule has 5 aliphatic rings. The summed E-state index contributed by atoms with van der Waals surface area (Å²) in [5.41, 5.74) is 1.92. The molecule has 0 radical (unpaired) electrons. The largest absolute Gasteiger partial charge is 0.462 e. The van der Waals surface area contributed by atoms with E-state index in [1.54, 1.807) is 0 Å². The molecule has 3 saturated carbocycles. The van der Waals surface area contributed by atoms with Crippen molar-refractivity contribution in [2.75, 3.05) is 7.11 Å². The van der Waals surface area contributed by atoms with E-state index in [1.807, 2.05) is 7.11 Å². The van der Waals surface area contributed by atoms with E-state index in [0.29, 0.717) is 5.41 Å². The van der Waals surface area contributed by atoms with Gasteiger partial charge < -0.3 is 14.2 Å². The zero-order valence-corrected chi connectivity index (χ0v) is 25.3. The highest BCUT2D eigenvalue weighted by Crippen LogP contribution is 2.69. The molecule has 6 rings (SSSR count). The number of ether oxygens (including phenoxy) is 3. The van der Waals surface area contributed by atoms with E-state index in [9.17, 15) is 0 Å². The van der Waals surface area contributed by atoms with Crippen LogP contribution in [-0.2, 0) is 9.47 Å². The van der Waals surface area contributed by atoms with Crippen molar-refractivity contribution in [3.05, 3.63) is 29.8 Å².